The van der Waals surface area contributed by atoms with Gasteiger partial charge in [-0.15, -0.1) is 0 Å². The van der Waals surface area contributed by atoms with E-state index in [4.69, 9.17) is 9.88 Å². The summed E-state index contributed by atoms with van der Waals surface area (Å²) in [7, 11) is -3.78. The Hall–Kier alpha value is -2.69. The van der Waals surface area contributed by atoms with Crippen molar-refractivity contribution in [2.24, 2.45) is 5.14 Å². The molecule has 0 aliphatic rings. The number of aryl methyl sites for hydroxylation is 1. The van der Waals surface area contributed by atoms with Crippen LogP contribution in [0.15, 0.2) is 52.0 Å². The number of ether oxygens (including phenoxy) is 1. The van der Waals surface area contributed by atoms with Gasteiger partial charge in [0.15, 0.2) is 6.61 Å². The van der Waals surface area contributed by atoms with E-state index in [-0.39, 0.29) is 16.4 Å². The SMILES string of the molecule is Cc1cc(C(=O)COC(=O)c2cc(Br)c[nH]2)c(C)n1-c1ccc(S(N)(=O)=O)cc1. The fourth-order valence-corrected chi connectivity index (χ4v) is 3.86. The number of hydrogen-bond acceptors (Lipinski definition) is 5. The van der Waals surface area contributed by atoms with Gasteiger partial charge >= 0.3 is 5.97 Å². The zero-order valence-electron chi connectivity index (χ0n) is 15.6. The van der Waals surface area contributed by atoms with Gasteiger partial charge in [-0.05, 0) is 66.2 Å². The number of hydrogen-bond donors (Lipinski definition) is 2. The molecule has 10 heteroatoms. The molecule has 0 aliphatic carbocycles. The third-order valence-electron chi connectivity index (χ3n) is 4.36. The molecule has 8 nitrogen and oxygen atoms in total. The molecule has 0 radical (unpaired) electrons. The van der Waals surface area contributed by atoms with E-state index in [0.29, 0.717) is 21.4 Å². The minimum Gasteiger partial charge on any atom is -0.453 e. The molecule has 3 rings (SSSR count). The smallest absolute Gasteiger partial charge is 0.355 e. The minimum atomic E-state index is -3.78. The van der Waals surface area contributed by atoms with Crippen LogP contribution in [0.3, 0.4) is 0 Å². The molecule has 29 heavy (non-hydrogen) atoms. The summed E-state index contributed by atoms with van der Waals surface area (Å²) in [5, 5.41) is 5.12. The average molecular weight is 480 g/mol. The van der Waals surface area contributed by atoms with Gasteiger partial charge in [0.05, 0.1) is 4.90 Å². The molecule has 0 saturated heterocycles. The van der Waals surface area contributed by atoms with Crippen molar-refractivity contribution < 1.29 is 22.7 Å². The number of nitrogens with one attached hydrogen (secondary N) is 1. The third kappa shape index (κ3) is 4.50. The van der Waals surface area contributed by atoms with Crippen LogP contribution in [0.5, 0.6) is 0 Å². The van der Waals surface area contributed by atoms with E-state index in [1.807, 2.05) is 11.5 Å². The number of ketones is 1. The van der Waals surface area contributed by atoms with E-state index in [0.717, 1.165) is 5.69 Å². The molecule has 0 unspecified atom stereocenters. The second-order valence-electron chi connectivity index (χ2n) is 6.39. The van der Waals surface area contributed by atoms with Crippen molar-refractivity contribution in [3.63, 3.8) is 0 Å². The summed E-state index contributed by atoms with van der Waals surface area (Å²) in [6.07, 6.45) is 1.59. The topological polar surface area (TPSA) is 124 Å². The Morgan fingerprint density at radius 1 is 1.17 bits per heavy atom. The largest absolute Gasteiger partial charge is 0.453 e. The lowest BCUT2D eigenvalue weighted by molar-refractivity contribution is 0.0469. The fraction of sp³-hybridized carbons (Fsp3) is 0.158. The third-order valence-corrected chi connectivity index (χ3v) is 5.74. The number of halogens is 1. The summed E-state index contributed by atoms with van der Waals surface area (Å²) >= 11 is 3.23. The monoisotopic (exact) mass is 479 g/mol. The van der Waals surface area contributed by atoms with E-state index < -0.39 is 22.6 Å². The molecule has 0 bridgehead atoms. The number of benzene rings is 1. The Morgan fingerprint density at radius 3 is 2.38 bits per heavy atom. The second kappa shape index (κ2) is 7.97. The molecule has 0 spiro atoms. The molecule has 0 fully saturated rings. The van der Waals surface area contributed by atoms with E-state index in [1.165, 1.54) is 12.1 Å². The first-order valence-electron chi connectivity index (χ1n) is 8.44. The maximum Gasteiger partial charge on any atom is 0.355 e. The number of esters is 1. The van der Waals surface area contributed by atoms with Gasteiger partial charge in [-0.1, -0.05) is 0 Å². The predicted molar refractivity (Wildman–Crippen MR) is 110 cm³/mol. The van der Waals surface area contributed by atoms with Gasteiger partial charge in [0.25, 0.3) is 0 Å². The van der Waals surface area contributed by atoms with Crippen LogP contribution in [-0.4, -0.2) is 36.3 Å². The van der Waals surface area contributed by atoms with Gasteiger partial charge in [-0.2, -0.15) is 0 Å². The number of nitrogens with two attached hydrogens (primary N) is 1. The Bertz CT molecular complexity index is 1190. The number of carbonyl (C=O) groups excluding carboxylic acids is 2. The molecule has 152 valence electrons. The maximum absolute atomic E-state index is 12.6. The van der Waals surface area contributed by atoms with Crippen LogP contribution >= 0.6 is 15.9 Å². The van der Waals surface area contributed by atoms with Gasteiger partial charge in [-0.25, -0.2) is 18.4 Å². The first-order chi connectivity index (χ1) is 13.6. The molecule has 2 heterocycles. The van der Waals surface area contributed by atoms with Gasteiger partial charge in [-0.3, -0.25) is 4.79 Å². The van der Waals surface area contributed by atoms with Crippen LogP contribution in [0.4, 0.5) is 0 Å². The highest BCUT2D eigenvalue weighted by atomic mass is 79.9. The molecule has 3 N–H and O–H groups in total. The maximum atomic E-state index is 12.6. The molecule has 3 aromatic rings. The number of sulfonamides is 1. The van der Waals surface area contributed by atoms with Crippen molar-refractivity contribution in [3.05, 3.63) is 69.7 Å². The van der Waals surface area contributed by atoms with Crippen LogP contribution in [0.1, 0.15) is 32.2 Å². The summed E-state index contributed by atoms with van der Waals surface area (Å²) in [4.78, 5) is 27.3. The number of rotatable bonds is 6. The van der Waals surface area contributed by atoms with Crippen molar-refractivity contribution in [3.8, 4) is 5.69 Å². The zero-order valence-corrected chi connectivity index (χ0v) is 18.0. The number of Topliss-reactive ketones (excluding diaryl/α,β-unsaturated/α-hetero) is 1. The van der Waals surface area contributed by atoms with E-state index in [1.54, 1.807) is 37.4 Å². The number of aromatic nitrogens is 2. The second-order valence-corrected chi connectivity index (χ2v) is 8.87. The van der Waals surface area contributed by atoms with Crippen molar-refractivity contribution in [1.29, 1.82) is 0 Å². The summed E-state index contributed by atoms with van der Waals surface area (Å²) in [6.45, 7) is 3.18. The predicted octanol–water partition coefficient (Wildman–Crippen LogP) is 2.87. The van der Waals surface area contributed by atoms with Crippen molar-refractivity contribution in [2.75, 3.05) is 6.61 Å². The first kappa shape index (κ1) is 21.0. The van der Waals surface area contributed by atoms with E-state index in [2.05, 4.69) is 20.9 Å². The Balaban J connectivity index is 1.79. The Morgan fingerprint density at radius 2 is 1.83 bits per heavy atom. The zero-order chi connectivity index (χ0) is 21.3. The molecule has 0 aliphatic heterocycles. The molecule has 0 atom stereocenters. The van der Waals surface area contributed by atoms with Crippen LogP contribution in [0.25, 0.3) is 5.69 Å². The van der Waals surface area contributed by atoms with E-state index in [9.17, 15) is 18.0 Å². The number of primary sulfonamides is 1. The molecular formula is C19H18BrN3O5S. The van der Waals surface area contributed by atoms with Gasteiger partial charge in [0.1, 0.15) is 5.69 Å². The fourth-order valence-electron chi connectivity index (χ4n) is 3.00. The van der Waals surface area contributed by atoms with Crippen LogP contribution in [0.2, 0.25) is 0 Å². The number of carbonyl (C=O) groups is 2. The number of aromatic amines is 1. The summed E-state index contributed by atoms with van der Waals surface area (Å²) in [5.74, 6) is -0.971. The van der Waals surface area contributed by atoms with Crippen molar-refractivity contribution in [1.82, 2.24) is 9.55 Å². The molecule has 0 amide bonds. The van der Waals surface area contributed by atoms with Crippen molar-refractivity contribution >= 4 is 37.7 Å². The van der Waals surface area contributed by atoms with Gasteiger partial charge in [0.2, 0.25) is 15.8 Å². The minimum absolute atomic E-state index is 0.00266. The molecule has 1 aromatic carbocycles. The van der Waals surface area contributed by atoms with Gasteiger partial charge < -0.3 is 14.3 Å². The summed E-state index contributed by atoms with van der Waals surface area (Å²) < 4.78 is 30.4. The molecule has 0 saturated carbocycles. The number of nitrogens with zero attached hydrogens (tertiary/aromatic N) is 1. The van der Waals surface area contributed by atoms with E-state index >= 15 is 0 Å². The lowest BCUT2D eigenvalue weighted by Gasteiger charge is -2.10. The molecule has 2 aromatic heterocycles. The molecular weight excluding hydrogens is 462 g/mol. The quantitative estimate of drug-likeness (QED) is 0.415. The van der Waals surface area contributed by atoms with Crippen molar-refractivity contribution in [2.45, 2.75) is 18.7 Å². The lowest BCUT2D eigenvalue weighted by Crippen LogP contribution is -2.15. The first-order valence-corrected chi connectivity index (χ1v) is 10.8. The lowest BCUT2D eigenvalue weighted by atomic mass is 10.1. The van der Waals surface area contributed by atoms with Crippen LogP contribution in [-0.2, 0) is 14.8 Å². The summed E-state index contributed by atoms with van der Waals surface area (Å²) in [5.41, 5.74) is 2.76. The standard InChI is InChI=1S/C19H18BrN3O5S/c1-11-7-16(18(24)10-28-19(25)17-8-13(20)9-22-17)12(2)23(11)14-3-5-15(6-4-14)29(21,26)27/h3-9,22H,10H2,1-2H3,(H2,21,26,27). The Kier molecular flexibility index (Phi) is 5.78. The van der Waals surface area contributed by atoms with Crippen LogP contribution < -0.4 is 5.14 Å². The van der Waals surface area contributed by atoms with Gasteiger partial charge in [0, 0.05) is 33.3 Å². The highest BCUT2D eigenvalue weighted by molar-refractivity contribution is 9.10. The number of H-pyrrole nitrogens is 1. The Labute approximate surface area is 175 Å². The normalized spacial score (nSPS) is 11.4. The average Bonchev–Trinajstić information content (AvgIpc) is 3.22. The highest BCUT2D eigenvalue weighted by Gasteiger charge is 2.19. The summed E-state index contributed by atoms with van der Waals surface area (Å²) in [6, 6.07) is 9.28. The van der Waals surface area contributed by atoms with Crippen LogP contribution in [0, 0.1) is 13.8 Å². The highest BCUT2D eigenvalue weighted by Crippen LogP contribution is 2.22.